The number of anilines is 2. The van der Waals surface area contributed by atoms with Crippen LogP contribution in [0.4, 0.5) is 16.0 Å². The number of benzene rings is 1. The minimum Gasteiger partial charge on any atom is -0.367 e. The summed E-state index contributed by atoms with van der Waals surface area (Å²) in [6.07, 6.45) is 7.89. The van der Waals surface area contributed by atoms with Crippen molar-refractivity contribution < 1.29 is 4.39 Å². The molecule has 4 aromatic rings. The van der Waals surface area contributed by atoms with Gasteiger partial charge in [-0.25, -0.2) is 19.3 Å². The van der Waals surface area contributed by atoms with Crippen molar-refractivity contribution in [2.24, 2.45) is 0 Å². The van der Waals surface area contributed by atoms with E-state index >= 15 is 0 Å². The van der Waals surface area contributed by atoms with E-state index < -0.39 is 0 Å². The Labute approximate surface area is 178 Å². The van der Waals surface area contributed by atoms with Crippen molar-refractivity contribution in [3.05, 3.63) is 83.3 Å². The summed E-state index contributed by atoms with van der Waals surface area (Å²) in [6.45, 7) is 0. The molecule has 0 unspecified atom stereocenters. The van der Waals surface area contributed by atoms with Crippen LogP contribution in [0.2, 0.25) is 0 Å². The molecule has 0 bridgehead atoms. The van der Waals surface area contributed by atoms with Crippen molar-refractivity contribution in [3.63, 3.8) is 0 Å². The molecule has 7 nitrogen and oxygen atoms in total. The molecule has 0 spiro atoms. The van der Waals surface area contributed by atoms with Gasteiger partial charge in [-0.2, -0.15) is 0 Å². The Kier molecular flexibility index (Phi) is 5.03. The zero-order chi connectivity index (χ0) is 21.2. The van der Waals surface area contributed by atoms with Crippen molar-refractivity contribution >= 4 is 22.7 Å². The molecule has 1 aliphatic carbocycles. The molecule has 2 atom stereocenters. The molecule has 1 saturated carbocycles. The van der Waals surface area contributed by atoms with E-state index in [2.05, 4.69) is 25.6 Å². The highest BCUT2D eigenvalue weighted by atomic mass is 19.1. The van der Waals surface area contributed by atoms with Crippen LogP contribution < -0.4 is 16.2 Å². The Morgan fingerprint density at radius 2 is 1.74 bits per heavy atom. The smallest absolute Gasteiger partial charge is 0.255 e. The maximum absolute atomic E-state index is 13.8. The number of nitrogens with zero attached hydrogens (tertiary/aromatic N) is 4. The van der Waals surface area contributed by atoms with Crippen LogP contribution in [0.3, 0.4) is 0 Å². The molecule has 8 heteroatoms. The number of pyridine rings is 2. The number of fused-ring (bicyclic) bond motifs is 1. The average Bonchev–Trinajstić information content (AvgIpc) is 3.21. The lowest BCUT2D eigenvalue weighted by atomic mass is 10.2. The molecule has 0 amide bonds. The number of halogens is 1. The number of hydrogen-bond donors (Lipinski definition) is 2. The van der Waals surface area contributed by atoms with Gasteiger partial charge in [-0.3, -0.25) is 9.36 Å². The topological polar surface area (TPSA) is 84.7 Å². The number of nitrogens with one attached hydrogen (secondary N) is 2. The van der Waals surface area contributed by atoms with E-state index in [1.165, 1.54) is 12.1 Å². The fourth-order valence-corrected chi connectivity index (χ4v) is 3.99. The molecule has 3 aromatic heterocycles. The van der Waals surface area contributed by atoms with Crippen LogP contribution in [0.15, 0.2) is 71.9 Å². The highest BCUT2D eigenvalue weighted by molar-refractivity contribution is 5.76. The van der Waals surface area contributed by atoms with Crippen molar-refractivity contribution in [1.82, 2.24) is 19.5 Å². The molecule has 2 N–H and O–H groups in total. The summed E-state index contributed by atoms with van der Waals surface area (Å²) in [7, 11) is 0. The number of rotatable bonds is 5. The summed E-state index contributed by atoms with van der Waals surface area (Å²) in [6, 6.07) is 14.1. The monoisotopic (exact) mass is 416 g/mol. The molecule has 1 aliphatic rings. The number of para-hydroxylation sites is 1. The molecule has 0 aliphatic heterocycles. The van der Waals surface area contributed by atoms with Crippen molar-refractivity contribution in [1.29, 1.82) is 0 Å². The van der Waals surface area contributed by atoms with Crippen LogP contribution in [-0.2, 0) is 0 Å². The van der Waals surface area contributed by atoms with Crippen LogP contribution in [0.1, 0.15) is 19.3 Å². The van der Waals surface area contributed by atoms with Crippen LogP contribution in [0.5, 0.6) is 0 Å². The summed E-state index contributed by atoms with van der Waals surface area (Å²) < 4.78 is 15.3. The zero-order valence-electron chi connectivity index (χ0n) is 16.7. The average molecular weight is 416 g/mol. The van der Waals surface area contributed by atoms with Gasteiger partial charge >= 0.3 is 0 Å². The molecule has 31 heavy (non-hydrogen) atoms. The lowest BCUT2D eigenvalue weighted by Crippen LogP contribution is -2.22. The molecule has 0 saturated heterocycles. The van der Waals surface area contributed by atoms with Crippen LogP contribution >= 0.6 is 0 Å². The first-order chi connectivity index (χ1) is 15.2. The Bertz CT molecular complexity index is 1270. The van der Waals surface area contributed by atoms with Gasteiger partial charge in [-0.15, -0.1) is 0 Å². The molecule has 1 fully saturated rings. The largest absolute Gasteiger partial charge is 0.367 e. The number of aromatic nitrogens is 4. The van der Waals surface area contributed by atoms with Crippen LogP contribution in [-0.4, -0.2) is 31.6 Å². The Hall–Kier alpha value is -3.81. The van der Waals surface area contributed by atoms with E-state index in [4.69, 9.17) is 0 Å². The first-order valence-corrected chi connectivity index (χ1v) is 10.2. The minimum atomic E-state index is -0.364. The lowest BCUT2D eigenvalue weighted by molar-refractivity contribution is 0.636. The summed E-state index contributed by atoms with van der Waals surface area (Å²) in [5.74, 6) is 1.07. The van der Waals surface area contributed by atoms with Crippen LogP contribution in [0, 0.1) is 5.82 Å². The van der Waals surface area contributed by atoms with Crippen LogP contribution in [0.25, 0.3) is 16.7 Å². The van der Waals surface area contributed by atoms with Gasteiger partial charge in [-0.05, 0) is 49.6 Å². The summed E-state index contributed by atoms with van der Waals surface area (Å²) >= 11 is 0. The predicted molar refractivity (Wildman–Crippen MR) is 118 cm³/mol. The summed E-state index contributed by atoms with van der Waals surface area (Å²) in [4.78, 5) is 25.1. The molecular formula is C23H21FN6O. The minimum absolute atomic E-state index is 0.0887. The first kappa shape index (κ1) is 19.2. The Morgan fingerprint density at radius 1 is 0.903 bits per heavy atom. The van der Waals surface area contributed by atoms with Gasteiger partial charge in [0.15, 0.2) is 5.82 Å². The Balaban J connectivity index is 1.21. The molecule has 5 rings (SSSR count). The second-order valence-electron chi connectivity index (χ2n) is 7.67. The van der Waals surface area contributed by atoms with Gasteiger partial charge in [0.25, 0.3) is 5.56 Å². The summed E-state index contributed by atoms with van der Waals surface area (Å²) in [5.41, 5.74) is 1.47. The van der Waals surface area contributed by atoms with Gasteiger partial charge in [0.2, 0.25) is 0 Å². The summed E-state index contributed by atoms with van der Waals surface area (Å²) in [5, 5.41) is 6.87. The quantitative estimate of drug-likeness (QED) is 0.515. The SMILES string of the molecule is O=c1ccccn1-c1ccc(N[C@H]2CC[C@H](Nc3cnc4c(F)cccc4n3)C2)nc1. The lowest BCUT2D eigenvalue weighted by Gasteiger charge is -2.16. The van der Waals surface area contributed by atoms with Gasteiger partial charge in [-0.1, -0.05) is 12.1 Å². The van der Waals surface area contributed by atoms with E-state index in [0.717, 1.165) is 30.8 Å². The molecule has 156 valence electrons. The van der Waals surface area contributed by atoms with Gasteiger partial charge in [0.05, 0.1) is 23.6 Å². The van der Waals surface area contributed by atoms with Gasteiger partial charge in [0, 0.05) is 24.3 Å². The van der Waals surface area contributed by atoms with E-state index in [9.17, 15) is 9.18 Å². The van der Waals surface area contributed by atoms with E-state index in [1.807, 2.05) is 18.2 Å². The fourth-order valence-electron chi connectivity index (χ4n) is 3.99. The molecule has 1 aromatic carbocycles. The van der Waals surface area contributed by atoms with Gasteiger partial charge < -0.3 is 10.6 Å². The highest BCUT2D eigenvalue weighted by Crippen LogP contribution is 2.25. The zero-order valence-corrected chi connectivity index (χ0v) is 16.7. The maximum Gasteiger partial charge on any atom is 0.255 e. The molecular weight excluding hydrogens is 395 g/mol. The second kappa shape index (κ2) is 8.14. The molecule has 0 radical (unpaired) electrons. The maximum atomic E-state index is 13.8. The van der Waals surface area contributed by atoms with Gasteiger partial charge in [0.1, 0.15) is 17.2 Å². The normalized spacial score (nSPS) is 18.2. The van der Waals surface area contributed by atoms with E-state index in [0.29, 0.717) is 11.3 Å². The van der Waals surface area contributed by atoms with E-state index in [-0.39, 0.29) is 29.0 Å². The van der Waals surface area contributed by atoms with Crippen molar-refractivity contribution in [2.45, 2.75) is 31.3 Å². The van der Waals surface area contributed by atoms with E-state index in [1.54, 1.807) is 41.4 Å². The predicted octanol–water partition coefficient (Wildman–Crippen LogP) is 3.76. The third-order valence-electron chi connectivity index (χ3n) is 5.51. The third-order valence-corrected chi connectivity index (χ3v) is 5.51. The molecule has 3 heterocycles. The standard InChI is InChI=1S/C23H21FN6O/c24-18-4-3-5-19-23(18)26-14-21(29-19)28-16-8-7-15(12-16)27-20-10-9-17(13-25-20)30-11-2-1-6-22(30)31/h1-6,9-11,13-16H,7-8,12H2,(H,25,27)(H,28,29)/t15-,16-/m0/s1. The third kappa shape index (κ3) is 4.09. The van der Waals surface area contributed by atoms with Crippen molar-refractivity contribution in [3.8, 4) is 5.69 Å². The van der Waals surface area contributed by atoms with Crippen molar-refractivity contribution in [2.75, 3.05) is 10.6 Å². The fraction of sp³-hybridized carbons (Fsp3) is 0.217. The highest BCUT2D eigenvalue weighted by Gasteiger charge is 2.25. The first-order valence-electron chi connectivity index (χ1n) is 10.2. The Morgan fingerprint density at radius 3 is 2.52 bits per heavy atom. The number of hydrogen-bond acceptors (Lipinski definition) is 6. The second-order valence-corrected chi connectivity index (χ2v) is 7.67.